The Kier molecular flexibility index (Phi) is 8.75. The van der Waals surface area contributed by atoms with Gasteiger partial charge in [-0.2, -0.15) is 0 Å². The third-order valence-corrected chi connectivity index (χ3v) is 5.35. The van der Waals surface area contributed by atoms with Crippen molar-refractivity contribution in [2.45, 2.75) is 52.7 Å². The zero-order valence-corrected chi connectivity index (χ0v) is 18.5. The van der Waals surface area contributed by atoms with Crippen LogP contribution in [0.3, 0.4) is 0 Å². The Morgan fingerprint density at radius 2 is 1.63 bits per heavy atom. The predicted octanol–water partition coefficient (Wildman–Crippen LogP) is 4.04. The highest BCUT2D eigenvalue weighted by molar-refractivity contribution is 6.05. The molecule has 0 heterocycles. The maximum atomic E-state index is 13.0. The fourth-order valence-corrected chi connectivity index (χ4v) is 3.75. The normalized spacial score (nSPS) is 14.1. The van der Waals surface area contributed by atoms with Gasteiger partial charge in [-0.15, -0.1) is 0 Å². The number of benzene rings is 2. The number of aliphatic hydroxyl groups excluding tert-OH is 1. The molecule has 0 saturated carbocycles. The van der Waals surface area contributed by atoms with Crippen molar-refractivity contribution in [2.75, 3.05) is 13.7 Å². The van der Waals surface area contributed by atoms with E-state index in [0.29, 0.717) is 18.8 Å². The summed E-state index contributed by atoms with van der Waals surface area (Å²) in [6, 6.07) is 13.7. The number of esters is 1. The van der Waals surface area contributed by atoms with Crippen molar-refractivity contribution in [3.8, 4) is 0 Å². The molecule has 1 N–H and O–H groups in total. The van der Waals surface area contributed by atoms with Crippen LogP contribution in [0.1, 0.15) is 47.1 Å². The molecule has 2 aromatic rings. The van der Waals surface area contributed by atoms with Crippen LogP contribution in [0.15, 0.2) is 42.5 Å². The highest BCUT2D eigenvalue weighted by atomic mass is 16.5. The minimum atomic E-state index is -1.04. The maximum absolute atomic E-state index is 13.0. The molecule has 0 spiro atoms. The molecule has 30 heavy (non-hydrogen) atoms. The number of methoxy groups -OCH3 is 1. The molecule has 2 aromatic carbocycles. The first-order valence-electron chi connectivity index (χ1n) is 10.2. The molecule has 0 radical (unpaired) electrons. The van der Waals surface area contributed by atoms with Crippen LogP contribution in [0, 0.1) is 26.7 Å². The van der Waals surface area contributed by atoms with Gasteiger partial charge in [-0.25, -0.2) is 0 Å². The molecular formula is C25H32O5. The monoisotopic (exact) mass is 412 g/mol. The van der Waals surface area contributed by atoms with Crippen LogP contribution < -0.4 is 0 Å². The smallest absolute Gasteiger partial charge is 0.320 e. The molecule has 2 rings (SSSR count). The molecule has 5 nitrogen and oxygen atoms in total. The minimum Gasteiger partial charge on any atom is -0.468 e. The average molecular weight is 413 g/mol. The summed E-state index contributed by atoms with van der Waals surface area (Å²) < 4.78 is 10.6. The van der Waals surface area contributed by atoms with Gasteiger partial charge in [-0.1, -0.05) is 55.0 Å². The number of hydrogen-bond acceptors (Lipinski definition) is 5. The van der Waals surface area contributed by atoms with E-state index in [0.717, 1.165) is 22.3 Å². The molecule has 3 unspecified atom stereocenters. The Hall–Kier alpha value is -2.50. The predicted molar refractivity (Wildman–Crippen MR) is 116 cm³/mol. The van der Waals surface area contributed by atoms with Gasteiger partial charge in [0.25, 0.3) is 0 Å². The molecule has 0 aromatic heterocycles. The van der Waals surface area contributed by atoms with E-state index in [1.54, 1.807) is 0 Å². The van der Waals surface area contributed by atoms with Crippen LogP contribution in [-0.2, 0) is 25.7 Å². The second-order valence-electron chi connectivity index (χ2n) is 7.98. The summed E-state index contributed by atoms with van der Waals surface area (Å²) >= 11 is 0. The number of aliphatic hydroxyl groups is 1. The summed E-state index contributed by atoms with van der Waals surface area (Å²) in [7, 11) is 1.28. The lowest BCUT2D eigenvalue weighted by atomic mass is 9.84. The van der Waals surface area contributed by atoms with Crippen molar-refractivity contribution < 1.29 is 24.2 Å². The van der Waals surface area contributed by atoms with E-state index in [4.69, 9.17) is 9.47 Å². The van der Waals surface area contributed by atoms with E-state index in [1.807, 2.05) is 70.2 Å². The first kappa shape index (κ1) is 23.8. The first-order valence-corrected chi connectivity index (χ1v) is 10.2. The quantitative estimate of drug-likeness (QED) is 0.471. The second kappa shape index (κ2) is 11.0. The van der Waals surface area contributed by atoms with E-state index in [1.165, 1.54) is 7.11 Å². The van der Waals surface area contributed by atoms with Crippen molar-refractivity contribution in [1.29, 1.82) is 0 Å². The van der Waals surface area contributed by atoms with Gasteiger partial charge >= 0.3 is 5.97 Å². The molecular weight excluding hydrogens is 380 g/mol. The third-order valence-electron chi connectivity index (χ3n) is 5.35. The van der Waals surface area contributed by atoms with Crippen molar-refractivity contribution in [2.24, 2.45) is 5.92 Å². The number of hydrogen-bond donors (Lipinski definition) is 1. The lowest BCUT2D eigenvalue weighted by Gasteiger charge is -2.23. The molecule has 0 amide bonds. The number of ether oxygens (including phenoxy) is 2. The zero-order chi connectivity index (χ0) is 22.3. The van der Waals surface area contributed by atoms with Crippen molar-refractivity contribution in [1.82, 2.24) is 0 Å². The number of ketones is 1. The molecule has 162 valence electrons. The van der Waals surface area contributed by atoms with E-state index >= 15 is 0 Å². The fraction of sp³-hybridized carbons (Fsp3) is 0.440. The van der Waals surface area contributed by atoms with E-state index < -0.39 is 18.0 Å². The molecule has 0 aliphatic carbocycles. The van der Waals surface area contributed by atoms with Crippen molar-refractivity contribution in [3.05, 3.63) is 70.3 Å². The Morgan fingerprint density at radius 1 is 1.03 bits per heavy atom. The van der Waals surface area contributed by atoms with Gasteiger partial charge in [0.15, 0.2) is 5.78 Å². The number of carbonyl (C=O) groups is 2. The van der Waals surface area contributed by atoms with Gasteiger partial charge in [0.2, 0.25) is 0 Å². The number of aryl methyl sites for hydroxylation is 3. The van der Waals surface area contributed by atoms with Crippen LogP contribution in [0.5, 0.6) is 0 Å². The highest BCUT2D eigenvalue weighted by Gasteiger charge is 2.34. The lowest BCUT2D eigenvalue weighted by Crippen LogP contribution is -2.31. The van der Waals surface area contributed by atoms with Crippen LogP contribution in [0.4, 0.5) is 0 Å². The molecule has 0 bridgehead atoms. The molecule has 0 aliphatic heterocycles. The third kappa shape index (κ3) is 6.25. The van der Waals surface area contributed by atoms with E-state index in [9.17, 15) is 14.7 Å². The summed E-state index contributed by atoms with van der Waals surface area (Å²) in [5.74, 6) is -2.24. The molecule has 5 heteroatoms. The Balaban J connectivity index is 2.05. The number of carbonyl (C=O) groups excluding carboxylic acids is 2. The molecule has 0 fully saturated rings. The fourth-order valence-electron chi connectivity index (χ4n) is 3.75. The zero-order valence-electron chi connectivity index (χ0n) is 18.5. The van der Waals surface area contributed by atoms with E-state index in [-0.39, 0.29) is 18.1 Å². The number of rotatable bonds is 10. The van der Waals surface area contributed by atoms with Crippen molar-refractivity contribution in [3.63, 3.8) is 0 Å². The Labute approximate surface area is 179 Å². The van der Waals surface area contributed by atoms with Crippen LogP contribution in [0.2, 0.25) is 0 Å². The van der Waals surface area contributed by atoms with Gasteiger partial charge in [0.05, 0.1) is 26.4 Å². The summed E-state index contributed by atoms with van der Waals surface area (Å²) in [4.78, 5) is 25.5. The maximum Gasteiger partial charge on any atom is 0.320 e. The summed E-state index contributed by atoms with van der Waals surface area (Å²) in [6.07, 6.45) is -1.05. The SMILES string of the molecule is COC(=O)C(C(=O)CC(O)C(C)COCc1ccccc1)c1c(C)cc(C)cc1C. The minimum absolute atomic E-state index is 0.137. The Morgan fingerprint density at radius 3 is 2.20 bits per heavy atom. The van der Waals surface area contributed by atoms with Crippen LogP contribution >= 0.6 is 0 Å². The Bertz CT molecular complexity index is 836. The van der Waals surface area contributed by atoms with Crippen molar-refractivity contribution >= 4 is 11.8 Å². The molecule has 0 saturated heterocycles. The van der Waals surface area contributed by atoms with E-state index in [2.05, 4.69) is 0 Å². The molecule has 3 atom stereocenters. The summed E-state index contributed by atoms with van der Waals surface area (Å²) in [5.41, 5.74) is 4.51. The van der Waals surface area contributed by atoms with Gasteiger partial charge in [0, 0.05) is 12.3 Å². The number of Topliss-reactive ketones (excluding diaryl/α,β-unsaturated/α-hetero) is 1. The standard InChI is InChI=1S/C25H32O5/c1-16-11-17(2)23(18(3)12-16)24(25(28)29-5)22(27)13-21(26)19(4)14-30-15-20-9-7-6-8-10-20/h6-12,19,21,24,26H,13-15H2,1-5H3. The second-order valence-corrected chi connectivity index (χ2v) is 7.98. The molecule has 0 aliphatic rings. The largest absolute Gasteiger partial charge is 0.468 e. The van der Waals surface area contributed by atoms with Gasteiger partial charge in [-0.05, 0) is 43.0 Å². The topological polar surface area (TPSA) is 72.8 Å². The average Bonchev–Trinajstić information content (AvgIpc) is 2.70. The lowest BCUT2D eigenvalue weighted by molar-refractivity contribution is -0.146. The first-order chi connectivity index (χ1) is 14.2. The highest BCUT2D eigenvalue weighted by Crippen LogP contribution is 2.29. The summed E-state index contributed by atoms with van der Waals surface area (Å²) in [6.45, 7) is 8.33. The van der Waals surface area contributed by atoms with Crippen LogP contribution in [-0.4, -0.2) is 36.7 Å². The van der Waals surface area contributed by atoms with Gasteiger partial charge in [0.1, 0.15) is 5.92 Å². The van der Waals surface area contributed by atoms with Crippen LogP contribution in [0.25, 0.3) is 0 Å². The van der Waals surface area contributed by atoms with Gasteiger partial charge in [-0.3, -0.25) is 9.59 Å². The summed E-state index contributed by atoms with van der Waals surface area (Å²) in [5, 5.41) is 10.6. The van der Waals surface area contributed by atoms with Gasteiger partial charge < -0.3 is 14.6 Å².